The number of hydrogen-bond donors (Lipinski definition) is 1. The molecule has 0 saturated carbocycles. The first-order valence-corrected chi connectivity index (χ1v) is 6.20. The molecule has 2 aromatic heterocycles. The lowest BCUT2D eigenvalue weighted by atomic mass is 10.2. The monoisotopic (exact) mass is 262 g/mol. The maximum atomic E-state index is 5.82. The van der Waals surface area contributed by atoms with E-state index in [-0.39, 0.29) is 0 Å². The Morgan fingerprint density at radius 1 is 1.22 bits per heavy atom. The van der Waals surface area contributed by atoms with Gasteiger partial charge in [0.2, 0.25) is 0 Å². The molecular formula is C13H15ClN4. The predicted molar refractivity (Wildman–Crippen MR) is 73.9 cm³/mol. The molecule has 2 rings (SSSR count). The maximum Gasteiger partial charge on any atom is 0.180 e. The van der Waals surface area contributed by atoms with Crippen LogP contribution in [0.1, 0.15) is 18.2 Å². The Balaban J connectivity index is 2.48. The van der Waals surface area contributed by atoms with Gasteiger partial charge in [-0.05, 0) is 32.9 Å². The first-order chi connectivity index (χ1) is 8.61. The van der Waals surface area contributed by atoms with Gasteiger partial charge in [0.15, 0.2) is 5.82 Å². The summed E-state index contributed by atoms with van der Waals surface area (Å²) in [5, 5.41) is 3.84. The molecule has 2 heterocycles. The molecule has 18 heavy (non-hydrogen) atoms. The molecule has 0 saturated heterocycles. The van der Waals surface area contributed by atoms with Crippen LogP contribution in [-0.2, 0) is 0 Å². The molecule has 4 nitrogen and oxygen atoms in total. The first kappa shape index (κ1) is 12.8. The summed E-state index contributed by atoms with van der Waals surface area (Å²) in [5.41, 5.74) is 2.74. The lowest BCUT2D eigenvalue weighted by molar-refractivity contribution is 1.04. The molecule has 0 radical (unpaired) electrons. The Morgan fingerprint density at radius 3 is 2.61 bits per heavy atom. The van der Waals surface area contributed by atoms with Gasteiger partial charge in [-0.25, -0.2) is 9.97 Å². The third-order valence-corrected chi connectivity index (χ3v) is 2.91. The van der Waals surface area contributed by atoms with E-state index in [2.05, 4.69) is 20.3 Å². The number of rotatable bonds is 3. The zero-order valence-electron chi connectivity index (χ0n) is 10.7. The third kappa shape index (κ3) is 2.59. The van der Waals surface area contributed by atoms with Crippen molar-refractivity contribution >= 4 is 17.4 Å². The van der Waals surface area contributed by atoms with Crippen LogP contribution in [0.2, 0.25) is 5.02 Å². The number of halogens is 1. The fourth-order valence-corrected chi connectivity index (χ4v) is 1.70. The summed E-state index contributed by atoms with van der Waals surface area (Å²) >= 11 is 5.82. The van der Waals surface area contributed by atoms with Crippen molar-refractivity contribution in [1.82, 2.24) is 15.0 Å². The van der Waals surface area contributed by atoms with E-state index in [1.165, 1.54) is 0 Å². The van der Waals surface area contributed by atoms with Crippen LogP contribution in [0.3, 0.4) is 0 Å². The standard InChI is InChI=1S/C13H15ClN4/c1-4-15-12-8(2)9(3)17-13(18-12)11-6-5-10(14)7-16-11/h5-7H,4H2,1-3H3,(H,15,17,18). The summed E-state index contributed by atoms with van der Waals surface area (Å²) in [6, 6.07) is 3.61. The molecule has 5 heteroatoms. The van der Waals surface area contributed by atoms with Gasteiger partial charge in [-0.15, -0.1) is 0 Å². The summed E-state index contributed by atoms with van der Waals surface area (Å²) in [7, 11) is 0. The number of pyridine rings is 1. The highest BCUT2D eigenvalue weighted by Crippen LogP contribution is 2.21. The molecule has 0 amide bonds. The number of anilines is 1. The summed E-state index contributed by atoms with van der Waals surface area (Å²) in [4.78, 5) is 13.2. The van der Waals surface area contributed by atoms with Gasteiger partial charge in [-0.2, -0.15) is 0 Å². The zero-order valence-corrected chi connectivity index (χ0v) is 11.4. The number of hydrogen-bond acceptors (Lipinski definition) is 4. The Labute approximate surface area is 111 Å². The van der Waals surface area contributed by atoms with Gasteiger partial charge in [0.25, 0.3) is 0 Å². The molecule has 0 atom stereocenters. The Morgan fingerprint density at radius 2 is 2.00 bits per heavy atom. The SMILES string of the molecule is CCNc1nc(-c2ccc(Cl)cn2)nc(C)c1C. The van der Waals surface area contributed by atoms with E-state index in [0.29, 0.717) is 10.8 Å². The molecule has 0 aliphatic heterocycles. The van der Waals surface area contributed by atoms with Crippen LogP contribution < -0.4 is 5.32 Å². The molecule has 0 unspecified atom stereocenters. The van der Waals surface area contributed by atoms with E-state index >= 15 is 0 Å². The van der Waals surface area contributed by atoms with Gasteiger partial charge in [0.05, 0.1) is 5.02 Å². The average Bonchev–Trinajstić information content (AvgIpc) is 2.36. The van der Waals surface area contributed by atoms with Gasteiger partial charge in [-0.3, -0.25) is 4.98 Å². The van der Waals surface area contributed by atoms with Crippen molar-refractivity contribution in [2.75, 3.05) is 11.9 Å². The maximum absolute atomic E-state index is 5.82. The zero-order chi connectivity index (χ0) is 13.1. The summed E-state index contributed by atoms with van der Waals surface area (Å²) < 4.78 is 0. The number of aromatic nitrogens is 3. The highest BCUT2D eigenvalue weighted by Gasteiger charge is 2.09. The fraction of sp³-hybridized carbons (Fsp3) is 0.308. The normalized spacial score (nSPS) is 10.4. The van der Waals surface area contributed by atoms with E-state index in [9.17, 15) is 0 Å². The highest BCUT2D eigenvalue weighted by molar-refractivity contribution is 6.30. The number of aryl methyl sites for hydroxylation is 1. The van der Waals surface area contributed by atoms with Crippen LogP contribution in [0.25, 0.3) is 11.5 Å². The smallest absolute Gasteiger partial charge is 0.180 e. The minimum absolute atomic E-state index is 0.606. The highest BCUT2D eigenvalue weighted by atomic mass is 35.5. The minimum atomic E-state index is 0.606. The Kier molecular flexibility index (Phi) is 3.77. The van der Waals surface area contributed by atoms with Crippen LogP contribution in [-0.4, -0.2) is 21.5 Å². The first-order valence-electron chi connectivity index (χ1n) is 5.83. The molecule has 94 valence electrons. The van der Waals surface area contributed by atoms with Gasteiger partial charge in [-0.1, -0.05) is 11.6 Å². The van der Waals surface area contributed by atoms with Crippen molar-refractivity contribution in [2.24, 2.45) is 0 Å². The Hall–Kier alpha value is -1.68. The molecule has 0 fully saturated rings. The summed E-state index contributed by atoms with van der Waals surface area (Å²) in [6.07, 6.45) is 1.60. The predicted octanol–water partition coefficient (Wildman–Crippen LogP) is 3.24. The van der Waals surface area contributed by atoms with Gasteiger partial charge in [0, 0.05) is 24.0 Å². The molecule has 2 aromatic rings. The fourth-order valence-electron chi connectivity index (χ4n) is 1.59. The molecule has 1 N–H and O–H groups in total. The molecule has 0 aliphatic carbocycles. The third-order valence-electron chi connectivity index (χ3n) is 2.69. The largest absolute Gasteiger partial charge is 0.370 e. The van der Waals surface area contributed by atoms with Crippen molar-refractivity contribution in [3.63, 3.8) is 0 Å². The summed E-state index contributed by atoms with van der Waals surface area (Å²) in [5.74, 6) is 1.47. The van der Waals surface area contributed by atoms with Crippen molar-refractivity contribution in [3.8, 4) is 11.5 Å². The average molecular weight is 263 g/mol. The lowest BCUT2D eigenvalue weighted by Gasteiger charge is -2.10. The van der Waals surface area contributed by atoms with Crippen molar-refractivity contribution in [1.29, 1.82) is 0 Å². The van der Waals surface area contributed by atoms with Gasteiger partial charge in [0.1, 0.15) is 11.5 Å². The van der Waals surface area contributed by atoms with E-state index < -0.39 is 0 Å². The van der Waals surface area contributed by atoms with E-state index in [4.69, 9.17) is 11.6 Å². The van der Waals surface area contributed by atoms with Gasteiger partial charge >= 0.3 is 0 Å². The van der Waals surface area contributed by atoms with E-state index in [1.807, 2.05) is 26.8 Å². The minimum Gasteiger partial charge on any atom is -0.370 e. The van der Waals surface area contributed by atoms with E-state index in [1.54, 1.807) is 12.3 Å². The lowest BCUT2D eigenvalue weighted by Crippen LogP contribution is -2.06. The van der Waals surface area contributed by atoms with Crippen LogP contribution in [0.4, 0.5) is 5.82 Å². The van der Waals surface area contributed by atoms with Crippen LogP contribution in [0.5, 0.6) is 0 Å². The second-order valence-electron chi connectivity index (χ2n) is 4.00. The van der Waals surface area contributed by atoms with Crippen LogP contribution in [0, 0.1) is 13.8 Å². The van der Waals surface area contributed by atoms with Crippen LogP contribution in [0.15, 0.2) is 18.3 Å². The molecule has 0 spiro atoms. The molecule has 0 bridgehead atoms. The van der Waals surface area contributed by atoms with Crippen molar-refractivity contribution < 1.29 is 0 Å². The number of nitrogens with zero attached hydrogens (tertiary/aromatic N) is 3. The molecule has 0 aromatic carbocycles. The van der Waals surface area contributed by atoms with Gasteiger partial charge < -0.3 is 5.32 Å². The number of nitrogens with one attached hydrogen (secondary N) is 1. The van der Waals surface area contributed by atoms with Crippen LogP contribution >= 0.6 is 11.6 Å². The summed E-state index contributed by atoms with van der Waals surface area (Å²) in [6.45, 7) is 6.84. The molecular weight excluding hydrogens is 248 g/mol. The van der Waals surface area contributed by atoms with Crippen molar-refractivity contribution in [3.05, 3.63) is 34.6 Å². The second kappa shape index (κ2) is 5.31. The Bertz CT molecular complexity index is 552. The quantitative estimate of drug-likeness (QED) is 0.923. The van der Waals surface area contributed by atoms with Crippen molar-refractivity contribution in [2.45, 2.75) is 20.8 Å². The van der Waals surface area contributed by atoms with E-state index in [0.717, 1.165) is 29.3 Å². The topological polar surface area (TPSA) is 50.7 Å². The molecule has 0 aliphatic rings. The second-order valence-corrected chi connectivity index (χ2v) is 4.43.